The number of aromatic nitrogens is 1. The molecule has 5 nitrogen and oxygen atoms in total. The smallest absolute Gasteiger partial charge is 0.411 e. The monoisotopic (exact) mass is 288 g/mol. The van der Waals surface area contributed by atoms with E-state index in [-0.39, 0.29) is 0 Å². The summed E-state index contributed by atoms with van der Waals surface area (Å²) >= 11 is 0. The van der Waals surface area contributed by atoms with Crippen LogP contribution in [0.1, 0.15) is 38.0 Å². The molecular weight excluding hydrogens is 268 g/mol. The maximum absolute atomic E-state index is 11.6. The van der Waals surface area contributed by atoms with E-state index >= 15 is 0 Å². The minimum atomic E-state index is -0.903. The molecule has 1 aliphatic rings. The van der Waals surface area contributed by atoms with Crippen LogP contribution in [-0.4, -0.2) is 22.7 Å². The van der Waals surface area contributed by atoms with E-state index in [0.29, 0.717) is 35.1 Å². The number of amides is 1. The topological polar surface area (TPSA) is 66.6 Å². The Balaban J connectivity index is 1.85. The van der Waals surface area contributed by atoms with Crippen molar-refractivity contribution in [3.8, 4) is 0 Å². The Morgan fingerprint density at radius 2 is 2.14 bits per heavy atom. The molecule has 0 saturated heterocycles. The SMILES string of the molecule is Cc1nc2cc(N(CC3CCCCC3)C(=O)O)ccc2o1. The molecule has 0 atom stereocenters. The Hall–Kier alpha value is -2.04. The van der Waals surface area contributed by atoms with E-state index in [9.17, 15) is 9.90 Å². The lowest BCUT2D eigenvalue weighted by molar-refractivity contribution is 0.199. The standard InChI is InChI=1S/C16H20N2O3/c1-11-17-14-9-13(7-8-15(14)21-11)18(16(19)20)10-12-5-3-2-4-6-12/h7-9,12H,2-6,10H2,1H3,(H,19,20). The van der Waals surface area contributed by atoms with E-state index in [2.05, 4.69) is 4.98 Å². The number of benzene rings is 1. The third-order valence-corrected chi connectivity index (χ3v) is 4.19. The highest BCUT2D eigenvalue weighted by atomic mass is 16.4. The van der Waals surface area contributed by atoms with Gasteiger partial charge >= 0.3 is 6.09 Å². The summed E-state index contributed by atoms with van der Waals surface area (Å²) < 4.78 is 5.44. The first-order valence-electron chi connectivity index (χ1n) is 7.51. The average molecular weight is 288 g/mol. The molecule has 0 bridgehead atoms. The number of hydrogen-bond acceptors (Lipinski definition) is 3. The minimum absolute atomic E-state index is 0.463. The van der Waals surface area contributed by atoms with Crippen LogP contribution < -0.4 is 4.90 Å². The average Bonchev–Trinajstić information content (AvgIpc) is 2.84. The maximum Gasteiger partial charge on any atom is 0.411 e. The fourth-order valence-electron chi connectivity index (χ4n) is 3.12. The quantitative estimate of drug-likeness (QED) is 0.919. The van der Waals surface area contributed by atoms with E-state index in [1.54, 1.807) is 25.1 Å². The number of aryl methyl sites for hydroxylation is 1. The summed E-state index contributed by atoms with van der Waals surface area (Å²) in [5, 5.41) is 9.52. The van der Waals surface area contributed by atoms with Gasteiger partial charge in [0.2, 0.25) is 0 Å². The first kappa shape index (κ1) is 13.9. The van der Waals surface area contributed by atoms with Crippen molar-refractivity contribution < 1.29 is 14.3 Å². The molecule has 1 N–H and O–H groups in total. The summed E-state index contributed by atoms with van der Waals surface area (Å²) in [6.07, 6.45) is 5.03. The van der Waals surface area contributed by atoms with Gasteiger partial charge in [0, 0.05) is 19.2 Å². The van der Waals surface area contributed by atoms with Crippen molar-refractivity contribution >= 4 is 22.9 Å². The van der Waals surface area contributed by atoms with Gasteiger partial charge in [0.1, 0.15) is 5.52 Å². The molecular formula is C16H20N2O3. The molecule has 3 rings (SSSR count). The summed E-state index contributed by atoms with van der Waals surface area (Å²) in [7, 11) is 0. The van der Waals surface area contributed by atoms with Crippen LogP contribution in [0.25, 0.3) is 11.1 Å². The van der Waals surface area contributed by atoms with Gasteiger partial charge in [0.05, 0.1) is 0 Å². The zero-order valence-electron chi connectivity index (χ0n) is 12.2. The molecule has 1 heterocycles. The largest absolute Gasteiger partial charge is 0.465 e. The molecule has 1 aromatic carbocycles. The van der Waals surface area contributed by atoms with Crippen LogP contribution in [0, 0.1) is 12.8 Å². The molecule has 0 radical (unpaired) electrons. The van der Waals surface area contributed by atoms with Gasteiger partial charge in [-0.25, -0.2) is 9.78 Å². The van der Waals surface area contributed by atoms with Crippen LogP contribution in [0.15, 0.2) is 22.6 Å². The number of hydrogen-bond donors (Lipinski definition) is 1. The second-order valence-corrected chi connectivity index (χ2v) is 5.78. The predicted octanol–water partition coefficient (Wildman–Crippen LogP) is 4.20. The summed E-state index contributed by atoms with van der Waals surface area (Å²) in [4.78, 5) is 17.3. The summed E-state index contributed by atoms with van der Waals surface area (Å²) in [5.41, 5.74) is 2.08. The fraction of sp³-hybridized carbons (Fsp3) is 0.500. The highest BCUT2D eigenvalue weighted by Crippen LogP contribution is 2.28. The number of oxazole rings is 1. The molecule has 0 unspecified atom stereocenters. The molecule has 0 aliphatic heterocycles. The second-order valence-electron chi connectivity index (χ2n) is 5.78. The molecule has 1 saturated carbocycles. The molecule has 5 heteroatoms. The van der Waals surface area contributed by atoms with Crippen LogP contribution in [0.5, 0.6) is 0 Å². The molecule has 1 amide bonds. The van der Waals surface area contributed by atoms with Crippen molar-refractivity contribution in [1.82, 2.24) is 4.98 Å². The Kier molecular flexibility index (Phi) is 3.82. The van der Waals surface area contributed by atoms with Crippen molar-refractivity contribution in [1.29, 1.82) is 0 Å². The summed E-state index contributed by atoms with van der Waals surface area (Å²) in [6, 6.07) is 5.38. The van der Waals surface area contributed by atoms with Crippen LogP contribution in [0.4, 0.5) is 10.5 Å². The Morgan fingerprint density at radius 1 is 1.38 bits per heavy atom. The van der Waals surface area contributed by atoms with E-state index in [4.69, 9.17) is 4.42 Å². The van der Waals surface area contributed by atoms with Crippen molar-refractivity contribution in [3.63, 3.8) is 0 Å². The number of anilines is 1. The van der Waals surface area contributed by atoms with Crippen LogP contribution in [-0.2, 0) is 0 Å². The number of carbonyl (C=O) groups is 1. The molecule has 21 heavy (non-hydrogen) atoms. The third kappa shape index (κ3) is 3.01. The first-order chi connectivity index (χ1) is 10.1. The Morgan fingerprint density at radius 3 is 2.86 bits per heavy atom. The van der Waals surface area contributed by atoms with Gasteiger partial charge < -0.3 is 9.52 Å². The van der Waals surface area contributed by atoms with Crippen molar-refractivity contribution in [2.45, 2.75) is 39.0 Å². The molecule has 112 valence electrons. The number of rotatable bonds is 3. The zero-order chi connectivity index (χ0) is 14.8. The predicted molar refractivity (Wildman–Crippen MR) is 80.7 cm³/mol. The normalized spacial score (nSPS) is 16.2. The van der Waals surface area contributed by atoms with E-state index < -0.39 is 6.09 Å². The highest BCUT2D eigenvalue weighted by molar-refractivity contribution is 5.89. The lowest BCUT2D eigenvalue weighted by Crippen LogP contribution is -2.34. The number of nitrogens with zero attached hydrogens (tertiary/aromatic N) is 2. The van der Waals surface area contributed by atoms with E-state index in [1.807, 2.05) is 0 Å². The first-order valence-corrected chi connectivity index (χ1v) is 7.51. The van der Waals surface area contributed by atoms with Crippen LogP contribution in [0.3, 0.4) is 0 Å². The van der Waals surface area contributed by atoms with E-state index in [0.717, 1.165) is 12.8 Å². The Bertz CT molecular complexity index is 644. The molecule has 0 spiro atoms. The lowest BCUT2D eigenvalue weighted by atomic mass is 9.89. The van der Waals surface area contributed by atoms with Crippen LogP contribution in [0.2, 0.25) is 0 Å². The number of fused-ring (bicyclic) bond motifs is 1. The third-order valence-electron chi connectivity index (χ3n) is 4.19. The second kappa shape index (κ2) is 5.76. The molecule has 1 aromatic heterocycles. The Labute approximate surface area is 123 Å². The summed E-state index contributed by atoms with van der Waals surface area (Å²) in [6.45, 7) is 2.36. The maximum atomic E-state index is 11.6. The van der Waals surface area contributed by atoms with Crippen molar-refractivity contribution in [3.05, 3.63) is 24.1 Å². The van der Waals surface area contributed by atoms with E-state index in [1.165, 1.54) is 24.2 Å². The number of carboxylic acid groups (broad SMARTS) is 1. The lowest BCUT2D eigenvalue weighted by Gasteiger charge is -2.27. The fourth-order valence-corrected chi connectivity index (χ4v) is 3.12. The highest BCUT2D eigenvalue weighted by Gasteiger charge is 2.22. The molecule has 1 fully saturated rings. The van der Waals surface area contributed by atoms with Gasteiger partial charge in [-0.15, -0.1) is 0 Å². The van der Waals surface area contributed by atoms with Gasteiger partial charge in [-0.2, -0.15) is 0 Å². The van der Waals surface area contributed by atoms with Crippen molar-refractivity contribution in [2.24, 2.45) is 5.92 Å². The van der Waals surface area contributed by atoms with Gasteiger partial charge in [0.25, 0.3) is 0 Å². The van der Waals surface area contributed by atoms with Crippen molar-refractivity contribution in [2.75, 3.05) is 11.4 Å². The minimum Gasteiger partial charge on any atom is -0.465 e. The van der Waals surface area contributed by atoms with Gasteiger partial charge in [0.15, 0.2) is 11.5 Å². The van der Waals surface area contributed by atoms with Gasteiger partial charge in [-0.05, 0) is 37.0 Å². The zero-order valence-corrected chi connectivity index (χ0v) is 12.2. The summed E-state index contributed by atoms with van der Waals surface area (Å²) in [5.74, 6) is 1.06. The van der Waals surface area contributed by atoms with Gasteiger partial charge in [-0.3, -0.25) is 4.90 Å². The van der Waals surface area contributed by atoms with Crippen LogP contribution >= 0.6 is 0 Å². The van der Waals surface area contributed by atoms with Gasteiger partial charge in [-0.1, -0.05) is 19.3 Å². The molecule has 1 aliphatic carbocycles. The molecule has 2 aromatic rings.